The monoisotopic (exact) mass is 451 g/mol. The van der Waals surface area contributed by atoms with Gasteiger partial charge in [0.15, 0.2) is 5.65 Å². The third-order valence-electron chi connectivity index (χ3n) is 6.71. The number of nitrogens with one attached hydrogen (secondary N) is 1. The summed E-state index contributed by atoms with van der Waals surface area (Å²) in [6, 6.07) is 5.22. The average Bonchev–Trinajstić information content (AvgIpc) is 3.21. The number of carbonyl (C=O) groups excluding carboxylic acids is 1. The maximum atomic E-state index is 13.2. The van der Waals surface area contributed by atoms with Crippen molar-refractivity contribution in [2.24, 2.45) is 7.05 Å². The summed E-state index contributed by atoms with van der Waals surface area (Å²) in [7, 11) is 3.37. The van der Waals surface area contributed by atoms with Gasteiger partial charge in [0, 0.05) is 31.6 Å². The fourth-order valence-electron chi connectivity index (χ4n) is 4.94. The van der Waals surface area contributed by atoms with Crippen LogP contribution in [-0.2, 0) is 11.8 Å². The molecule has 0 atom stereocenters. The molecule has 1 aromatic carbocycles. The van der Waals surface area contributed by atoms with Crippen molar-refractivity contribution in [1.29, 1.82) is 0 Å². The van der Waals surface area contributed by atoms with Crippen molar-refractivity contribution in [2.45, 2.75) is 38.0 Å². The van der Waals surface area contributed by atoms with Crippen molar-refractivity contribution < 1.29 is 14.3 Å². The molecule has 0 bridgehead atoms. The molecule has 174 valence electrons. The number of H-pyrrole nitrogens is 1. The second-order valence-electron chi connectivity index (χ2n) is 8.78. The first-order chi connectivity index (χ1) is 16.1. The summed E-state index contributed by atoms with van der Waals surface area (Å²) < 4.78 is 12.6. The number of morpholine rings is 1. The minimum Gasteiger partial charge on any atom is -0.496 e. The molecule has 5 rings (SSSR count). The number of amides is 1. The Morgan fingerprint density at radius 1 is 1.18 bits per heavy atom. The quantitative estimate of drug-likeness (QED) is 0.654. The highest BCUT2D eigenvalue weighted by Gasteiger charge is 2.25. The van der Waals surface area contributed by atoms with E-state index >= 15 is 0 Å². The van der Waals surface area contributed by atoms with Gasteiger partial charge in [0.1, 0.15) is 17.0 Å². The second-order valence-corrected chi connectivity index (χ2v) is 8.78. The van der Waals surface area contributed by atoms with Crippen LogP contribution in [0.3, 0.4) is 0 Å². The average molecular weight is 452 g/mol. The number of aromatic nitrogens is 4. The molecular formula is C24H29N5O4. The van der Waals surface area contributed by atoms with Crippen molar-refractivity contribution in [1.82, 2.24) is 24.6 Å². The molecule has 0 unspecified atom stereocenters. The van der Waals surface area contributed by atoms with Crippen molar-refractivity contribution in [3.63, 3.8) is 0 Å². The first-order valence-corrected chi connectivity index (χ1v) is 11.6. The number of hydrogen-bond acceptors (Lipinski definition) is 6. The van der Waals surface area contributed by atoms with Crippen molar-refractivity contribution in [3.05, 3.63) is 39.8 Å². The lowest BCUT2D eigenvalue weighted by atomic mass is 9.86. The Balaban J connectivity index is 1.53. The predicted molar refractivity (Wildman–Crippen MR) is 124 cm³/mol. The van der Waals surface area contributed by atoms with Crippen LogP contribution in [0.1, 0.15) is 54.1 Å². The van der Waals surface area contributed by atoms with Gasteiger partial charge in [-0.15, -0.1) is 0 Å². The molecule has 1 saturated carbocycles. The highest BCUT2D eigenvalue weighted by Crippen LogP contribution is 2.35. The lowest BCUT2D eigenvalue weighted by Crippen LogP contribution is -2.40. The van der Waals surface area contributed by atoms with E-state index in [1.807, 2.05) is 7.05 Å². The molecule has 2 aromatic heterocycles. The van der Waals surface area contributed by atoms with Crippen LogP contribution in [0.5, 0.6) is 5.75 Å². The van der Waals surface area contributed by atoms with Crippen LogP contribution in [0, 0.1) is 0 Å². The molecule has 1 aliphatic heterocycles. The van der Waals surface area contributed by atoms with Crippen LogP contribution in [-0.4, -0.2) is 64.0 Å². The van der Waals surface area contributed by atoms with Gasteiger partial charge >= 0.3 is 0 Å². The number of ether oxygens (including phenoxy) is 2. The number of aryl methyl sites for hydroxylation is 1. The zero-order chi connectivity index (χ0) is 22.9. The third-order valence-corrected chi connectivity index (χ3v) is 6.71. The summed E-state index contributed by atoms with van der Waals surface area (Å²) in [4.78, 5) is 35.5. The Morgan fingerprint density at radius 2 is 1.94 bits per heavy atom. The number of aromatic amines is 1. The Kier molecular flexibility index (Phi) is 5.88. The van der Waals surface area contributed by atoms with E-state index in [2.05, 4.69) is 10.1 Å². The molecule has 1 N–H and O–H groups in total. The normalized spacial score (nSPS) is 17.5. The van der Waals surface area contributed by atoms with Gasteiger partial charge in [-0.1, -0.05) is 19.3 Å². The van der Waals surface area contributed by atoms with Gasteiger partial charge in [0.05, 0.1) is 31.6 Å². The van der Waals surface area contributed by atoms with E-state index in [0.717, 1.165) is 18.5 Å². The number of fused-ring (bicyclic) bond motifs is 1. The summed E-state index contributed by atoms with van der Waals surface area (Å²) in [5, 5.41) is 5.26. The van der Waals surface area contributed by atoms with Gasteiger partial charge in [-0.05, 0) is 31.0 Å². The van der Waals surface area contributed by atoms with Crippen molar-refractivity contribution in [3.8, 4) is 17.1 Å². The first kappa shape index (κ1) is 21.6. The minimum absolute atomic E-state index is 0.0659. The summed E-state index contributed by atoms with van der Waals surface area (Å²) >= 11 is 0. The van der Waals surface area contributed by atoms with Gasteiger partial charge in [0.2, 0.25) is 0 Å². The Morgan fingerprint density at radius 3 is 2.67 bits per heavy atom. The highest BCUT2D eigenvalue weighted by molar-refractivity contribution is 5.95. The number of carbonyl (C=O) groups is 1. The molecule has 3 heterocycles. The number of methoxy groups -OCH3 is 1. The molecule has 2 aliphatic rings. The van der Waals surface area contributed by atoms with Crippen LogP contribution in [0.15, 0.2) is 23.0 Å². The number of rotatable bonds is 4. The number of benzene rings is 1. The van der Waals surface area contributed by atoms with E-state index in [1.54, 1.807) is 34.9 Å². The zero-order valence-electron chi connectivity index (χ0n) is 19.1. The lowest BCUT2D eigenvalue weighted by Gasteiger charge is -2.27. The number of hydrogen-bond donors (Lipinski definition) is 1. The summed E-state index contributed by atoms with van der Waals surface area (Å²) in [5.41, 5.74) is 2.37. The van der Waals surface area contributed by atoms with Crippen LogP contribution in [0.2, 0.25) is 0 Å². The van der Waals surface area contributed by atoms with E-state index in [9.17, 15) is 9.59 Å². The van der Waals surface area contributed by atoms with Crippen LogP contribution >= 0.6 is 0 Å². The topological polar surface area (TPSA) is 102 Å². The van der Waals surface area contributed by atoms with Crippen molar-refractivity contribution >= 4 is 16.9 Å². The van der Waals surface area contributed by atoms with Crippen LogP contribution < -0.4 is 10.3 Å². The SMILES string of the molecule is COc1cc(C(=O)N2CCOCC2)ccc1-c1nc2c(c(C3CCCCC3)nn2C)c(=O)[nH]1. The molecule has 0 radical (unpaired) electrons. The minimum atomic E-state index is -0.195. The maximum absolute atomic E-state index is 13.2. The van der Waals surface area contributed by atoms with E-state index in [4.69, 9.17) is 14.5 Å². The Hall–Kier alpha value is -3.20. The van der Waals surface area contributed by atoms with E-state index < -0.39 is 0 Å². The van der Waals surface area contributed by atoms with Crippen LogP contribution in [0.25, 0.3) is 22.4 Å². The van der Waals surface area contributed by atoms with Gasteiger partial charge in [-0.25, -0.2) is 9.67 Å². The van der Waals surface area contributed by atoms with E-state index in [1.165, 1.54) is 19.3 Å². The van der Waals surface area contributed by atoms with E-state index in [-0.39, 0.29) is 11.5 Å². The predicted octanol–water partition coefficient (Wildman–Crippen LogP) is 2.85. The Labute approximate surface area is 191 Å². The fraction of sp³-hybridized carbons (Fsp3) is 0.500. The van der Waals surface area contributed by atoms with Gasteiger partial charge in [0.25, 0.3) is 11.5 Å². The zero-order valence-corrected chi connectivity index (χ0v) is 19.1. The molecule has 3 aromatic rings. The standard InChI is InChI=1S/C24H29N5O4/c1-28-22-19(20(27-28)15-6-4-3-5-7-15)23(30)26-21(25-22)17-9-8-16(14-18(17)32-2)24(31)29-10-12-33-13-11-29/h8-9,14-15H,3-7,10-13H2,1-2H3,(H,25,26,30). The second kappa shape index (κ2) is 8.97. The maximum Gasteiger partial charge on any atom is 0.262 e. The third kappa shape index (κ3) is 4.01. The fourth-order valence-corrected chi connectivity index (χ4v) is 4.94. The summed E-state index contributed by atoms with van der Waals surface area (Å²) in [6.45, 7) is 2.22. The molecule has 0 spiro atoms. The van der Waals surface area contributed by atoms with Crippen molar-refractivity contribution in [2.75, 3.05) is 33.4 Å². The summed E-state index contributed by atoms with van der Waals surface area (Å²) in [6.07, 6.45) is 5.68. The van der Waals surface area contributed by atoms with E-state index in [0.29, 0.717) is 66.0 Å². The first-order valence-electron chi connectivity index (χ1n) is 11.6. The molecule has 1 aliphatic carbocycles. The molecule has 1 amide bonds. The molecule has 2 fully saturated rings. The smallest absolute Gasteiger partial charge is 0.262 e. The Bertz CT molecular complexity index is 1240. The molecule has 1 saturated heterocycles. The van der Waals surface area contributed by atoms with Gasteiger partial charge in [-0.2, -0.15) is 5.10 Å². The molecular weight excluding hydrogens is 422 g/mol. The van der Waals surface area contributed by atoms with Gasteiger partial charge < -0.3 is 19.4 Å². The lowest BCUT2D eigenvalue weighted by molar-refractivity contribution is 0.0302. The number of nitrogens with zero attached hydrogens (tertiary/aromatic N) is 4. The largest absolute Gasteiger partial charge is 0.496 e. The molecule has 9 heteroatoms. The molecule has 33 heavy (non-hydrogen) atoms. The van der Waals surface area contributed by atoms with Gasteiger partial charge in [-0.3, -0.25) is 9.59 Å². The molecule has 9 nitrogen and oxygen atoms in total. The van der Waals surface area contributed by atoms with Crippen LogP contribution in [0.4, 0.5) is 0 Å². The highest BCUT2D eigenvalue weighted by atomic mass is 16.5. The summed E-state index contributed by atoms with van der Waals surface area (Å²) in [5.74, 6) is 1.11.